The molecule has 1 amide bonds. The van der Waals surface area contributed by atoms with Crippen LogP contribution < -0.4 is 5.73 Å². The molecule has 1 aromatic heterocycles. The maximum Gasteiger partial charge on any atom is 0.270 e. The van der Waals surface area contributed by atoms with Crippen LogP contribution in [-0.4, -0.2) is 21.2 Å². The SMILES string of the molecule is NC(=O)c1[nH]nc(-c2ccc(Cl)cc2)c1O. The Bertz CT molecular complexity index is 533. The van der Waals surface area contributed by atoms with Gasteiger partial charge in [0.1, 0.15) is 5.69 Å². The summed E-state index contributed by atoms with van der Waals surface area (Å²) >= 11 is 5.73. The first-order valence-electron chi connectivity index (χ1n) is 4.42. The van der Waals surface area contributed by atoms with Crippen LogP contribution in [0.5, 0.6) is 5.75 Å². The number of benzene rings is 1. The highest BCUT2D eigenvalue weighted by atomic mass is 35.5. The summed E-state index contributed by atoms with van der Waals surface area (Å²) in [6, 6.07) is 6.69. The molecule has 0 saturated heterocycles. The fraction of sp³-hybridized carbons (Fsp3) is 0. The van der Waals surface area contributed by atoms with Crippen LogP contribution in [-0.2, 0) is 0 Å². The highest BCUT2D eigenvalue weighted by Crippen LogP contribution is 2.30. The molecule has 82 valence electrons. The number of nitrogens with one attached hydrogen (secondary N) is 1. The Morgan fingerprint density at radius 2 is 2.00 bits per heavy atom. The van der Waals surface area contributed by atoms with Crippen LogP contribution in [0.2, 0.25) is 5.02 Å². The smallest absolute Gasteiger partial charge is 0.270 e. The van der Waals surface area contributed by atoms with Crippen molar-refractivity contribution in [1.82, 2.24) is 10.2 Å². The summed E-state index contributed by atoms with van der Waals surface area (Å²) in [5.74, 6) is -1.01. The Kier molecular flexibility index (Phi) is 2.54. The first kappa shape index (κ1) is 10.5. The molecular formula is C10H8ClN3O2. The lowest BCUT2D eigenvalue weighted by molar-refractivity contribution is 0.0993. The molecule has 5 nitrogen and oxygen atoms in total. The number of hydrogen-bond donors (Lipinski definition) is 3. The molecule has 1 aromatic carbocycles. The largest absolute Gasteiger partial charge is 0.504 e. The Morgan fingerprint density at radius 3 is 2.50 bits per heavy atom. The van der Waals surface area contributed by atoms with E-state index >= 15 is 0 Å². The number of nitrogens with zero attached hydrogens (tertiary/aromatic N) is 1. The van der Waals surface area contributed by atoms with Crippen molar-refractivity contribution in [2.75, 3.05) is 0 Å². The average molecular weight is 238 g/mol. The van der Waals surface area contributed by atoms with Crippen molar-refractivity contribution in [2.24, 2.45) is 5.73 Å². The van der Waals surface area contributed by atoms with Crippen molar-refractivity contribution >= 4 is 17.5 Å². The van der Waals surface area contributed by atoms with Gasteiger partial charge in [-0.2, -0.15) is 5.10 Å². The van der Waals surface area contributed by atoms with E-state index in [-0.39, 0.29) is 17.1 Å². The molecule has 0 fully saturated rings. The third kappa shape index (κ3) is 1.72. The Balaban J connectivity index is 2.49. The van der Waals surface area contributed by atoms with Crippen LogP contribution >= 0.6 is 11.6 Å². The number of rotatable bonds is 2. The molecule has 0 saturated carbocycles. The Hall–Kier alpha value is -2.01. The van der Waals surface area contributed by atoms with E-state index in [1.54, 1.807) is 24.3 Å². The predicted molar refractivity (Wildman–Crippen MR) is 59.2 cm³/mol. The molecule has 1 heterocycles. The van der Waals surface area contributed by atoms with Crippen LogP contribution in [0.4, 0.5) is 0 Å². The van der Waals surface area contributed by atoms with E-state index in [2.05, 4.69) is 10.2 Å². The number of halogens is 1. The molecule has 2 aromatic rings. The van der Waals surface area contributed by atoms with E-state index in [4.69, 9.17) is 17.3 Å². The number of primary amides is 1. The van der Waals surface area contributed by atoms with Crippen molar-refractivity contribution in [3.63, 3.8) is 0 Å². The van der Waals surface area contributed by atoms with Gasteiger partial charge in [-0.3, -0.25) is 9.89 Å². The minimum atomic E-state index is -0.759. The van der Waals surface area contributed by atoms with Gasteiger partial charge in [-0.05, 0) is 12.1 Å². The fourth-order valence-corrected chi connectivity index (χ4v) is 1.44. The molecule has 0 unspecified atom stereocenters. The van der Waals surface area contributed by atoms with Crippen molar-refractivity contribution in [3.05, 3.63) is 35.0 Å². The quantitative estimate of drug-likeness (QED) is 0.740. The molecule has 16 heavy (non-hydrogen) atoms. The third-order valence-corrected chi connectivity index (χ3v) is 2.36. The Labute approximate surface area is 95.8 Å². The third-order valence-electron chi connectivity index (χ3n) is 2.10. The number of aromatic hydroxyl groups is 1. The second kappa shape index (κ2) is 3.86. The molecule has 0 aliphatic rings. The zero-order valence-electron chi connectivity index (χ0n) is 8.07. The number of amides is 1. The van der Waals surface area contributed by atoms with Gasteiger partial charge >= 0.3 is 0 Å². The normalized spacial score (nSPS) is 10.3. The van der Waals surface area contributed by atoms with E-state index in [1.165, 1.54) is 0 Å². The van der Waals surface area contributed by atoms with E-state index < -0.39 is 5.91 Å². The van der Waals surface area contributed by atoms with Crippen LogP contribution in [0.25, 0.3) is 11.3 Å². The fourth-order valence-electron chi connectivity index (χ4n) is 1.32. The van der Waals surface area contributed by atoms with Crippen LogP contribution in [0.3, 0.4) is 0 Å². The zero-order valence-corrected chi connectivity index (χ0v) is 8.82. The van der Waals surface area contributed by atoms with Gasteiger partial charge in [-0.1, -0.05) is 23.7 Å². The summed E-state index contributed by atoms with van der Waals surface area (Å²) < 4.78 is 0. The summed E-state index contributed by atoms with van der Waals surface area (Å²) in [6.45, 7) is 0. The summed E-state index contributed by atoms with van der Waals surface area (Å²) in [4.78, 5) is 10.9. The second-order valence-electron chi connectivity index (χ2n) is 3.17. The van der Waals surface area contributed by atoms with E-state index in [0.717, 1.165) is 0 Å². The molecule has 0 spiro atoms. The van der Waals surface area contributed by atoms with E-state index in [1.807, 2.05) is 0 Å². The molecule has 2 rings (SSSR count). The van der Waals surface area contributed by atoms with Gasteiger partial charge in [0.2, 0.25) is 0 Å². The second-order valence-corrected chi connectivity index (χ2v) is 3.60. The van der Waals surface area contributed by atoms with Crippen LogP contribution in [0, 0.1) is 0 Å². The lowest BCUT2D eigenvalue weighted by Gasteiger charge is -1.97. The highest BCUT2D eigenvalue weighted by Gasteiger charge is 2.17. The minimum Gasteiger partial charge on any atom is -0.504 e. The summed E-state index contributed by atoms with van der Waals surface area (Å²) in [7, 11) is 0. The highest BCUT2D eigenvalue weighted by molar-refractivity contribution is 6.30. The number of carbonyl (C=O) groups excluding carboxylic acids is 1. The molecule has 4 N–H and O–H groups in total. The van der Waals surface area contributed by atoms with Crippen LogP contribution in [0.1, 0.15) is 10.5 Å². The van der Waals surface area contributed by atoms with Crippen molar-refractivity contribution < 1.29 is 9.90 Å². The molecule has 0 atom stereocenters. The molecule has 0 radical (unpaired) electrons. The Morgan fingerprint density at radius 1 is 1.38 bits per heavy atom. The summed E-state index contributed by atoms with van der Waals surface area (Å²) in [5.41, 5.74) is 5.85. The van der Waals surface area contributed by atoms with Gasteiger partial charge in [-0.25, -0.2) is 0 Å². The van der Waals surface area contributed by atoms with E-state index in [0.29, 0.717) is 10.6 Å². The standard InChI is InChI=1S/C10H8ClN3O2/c11-6-3-1-5(2-4-6)7-9(15)8(10(12)16)14-13-7/h1-4,15H,(H2,12,16)(H,13,14). The average Bonchev–Trinajstić information content (AvgIpc) is 2.61. The van der Waals surface area contributed by atoms with Gasteiger partial charge in [-0.15, -0.1) is 0 Å². The first-order chi connectivity index (χ1) is 7.59. The topological polar surface area (TPSA) is 92.0 Å². The maximum absolute atomic E-state index is 10.9. The van der Waals surface area contributed by atoms with Gasteiger partial charge in [0, 0.05) is 10.6 Å². The lowest BCUT2D eigenvalue weighted by atomic mass is 10.1. The predicted octanol–water partition coefficient (Wildman–Crippen LogP) is 1.53. The number of H-pyrrole nitrogens is 1. The summed E-state index contributed by atoms with van der Waals surface area (Å²) in [5, 5.41) is 16.5. The van der Waals surface area contributed by atoms with E-state index in [9.17, 15) is 9.90 Å². The lowest BCUT2D eigenvalue weighted by Crippen LogP contribution is -2.11. The molecule has 0 aliphatic carbocycles. The van der Waals surface area contributed by atoms with Gasteiger partial charge < -0.3 is 10.8 Å². The number of aromatic amines is 1. The first-order valence-corrected chi connectivity index (χ1v) is 4.80. The maximum atomic E-state index is 10.9. The monoisotopic (exact) mass is 237 g/mol. The van der Waals surface area contributed by atoms with Crippen LogP contribution in [0.15, 0.2) is 24.3 Å². The number of nitrogens with two attached hydrogens (primary N) is 1. The van der Waals surface area contributed by atoms with Gasteiger partial charge in [0.05, 0.1) is 0 Å². The number of hydrogen-bond acceptors (Lipinski definition) is 3. The van der Waals surface area contributed by atoms with Crippen molar-refractivity contribution in [1.29, 1.82) is 0 Å². The minimum absolute atomic E-state index is 0.107. The summed E-state index contributed by atoms with van der Waals surface area (Å²) in [6.07, 6.45) is 0. The molecular weight excluding hydrogens is 230 g/mol. The number of aromatic nitrogens is 2. The zero-order chi connectivity index (χ0) is 11.7. The molecule has 6 heteroatoms. The van der Waals surface area contributed by atoms with Crippen molar-refractivity contribution in [3.8, 4) is 17.0 Å². The molecule has 0 bridgehead atoms. The van der Waals surface area contributed by atoms with Gasteiger partial charge in [0.25, 0.3) is 5.91 Å². The molecule has 0 aliphatic heterocycles. The number of carbonyl (C=O) groups is 1. The van der Waals surface area contributed by atoms with Gasteiger partial charge in [0.15, 0.2) is 11.4 Å². The van der Waals surface area contributed by atoms with Crippen molar-refractivity contribution in [2.45, 2.75) is 0 Å².